The molecule has 0 unspecified atom stereocenters. The molecule has 0 amide bonds. The summed E-state index contributed by atoms with van der Waals surface area (Å²) in [6, 6.07) is 2.04. The highest BCUT2D eigenvalue weighted by Gasteiger charge is 2.17. The van der Waals surface area contributed by atoms with Crippen LogP contribution in [0.1, 0.15) is 5.69 Å². The molecule has 19 heavy (non-hydrogen) atoms. The van der Waals surface area contributed by atoms with E-state index in [-0.39, 0.29) is 5.69 Å². The predicted molar refractivity (Wildman–Crippen MR) is 66.9 cm³/mol. The molecule has 1 heterocycles. The fourth-order valence-corrected chi connectivity index (χ4v) is 1.67. The second-order valence-corrected chi connectivity index (χ2v) is 3.94. The molecule has 0 radical (unpaired) electrons. The summed E-state index contributed by atoms with van der Waals surface area (Å²) in [6.45, 7) is 5.68. The molecule has 2 rings (SSSR count). The number of nitrogens with one attached hydrogen (secondary N) is 1. The van der Waals surface area contributed by atoms with Gasteiger partial charge in [-0.3, -0.25) is 4.57 Å². The summed E-state index contributed by atoms with van der Waals surface area (Å²) in [4.78, 5) is 4.14. The van der Waals surface area contributed by atoms with Crippen molar-refractivity contribution in [3.63, 3.8) is 0 Å². The minimum Gasteiger partial charge on any atom is -0.352 e. The zero-order valence-electron chi connectivity index (χ0n) is 10.3. The summed E-state index contributed by atoms with van der Waals surface area (Å²) >= 11 is 0. The molecule has 0 saturated carbocycles. The molecule has 0 saturated heterocycles. The van der Waals surface area contributed by atoms with E-state index in [1.54, 1.807) is 13.0 Å². The van der Waals surface area contributed by atoms with E-state index in [0.717, 1.165) is 12.1 Å². The SMILES string of the molecule is C=CCNc1nc(C)cn1-c1ccc(F)c(F)c1F. The van der Waals surface area contributed by atoms with Crippen LogP contribution in [0.25, 0.3) is 5.69 Å². The van der Waals surface area contributed by atoms with Gasteiger partial charge >= 0.3 is 0 Å². The standard InChI is InChI=1S/C13H12F3N3/c1-3-6-17-13-18-8(2)7-19(13)10-5-4-9(14)11(15)12(10)16/h3-5,7H,1,6H2,2H3,(H,17,18). The zero-order chi connectivity index (χ0) is 14.0. The van der Waals surface area contributed by atoms with Crippen LogP contribution in [-0.2, 0) is 0 Å². The molecule has 0 spiro atoms. The lowest BCUT2D eigenvalue weighted by Gasteiger charge is -2.10. The number of hydrogen-bond donors (Lipinski definition) is 1. The summed E-state index contributed by atoms with van der Waals surface area (Å²) < 4.78 is 41.2. The first-order valence-corrected chi connectivity index (χ1v) is 5.59. The van der Waals surface area contributed by atoms with Crippen molar-refractivity contribution in [2.75, 3.05) is 11.9 Å². The van der Waals surface area contributed by atoms with Gasteiger partial charge in [-0.25, -0.2) is 18.2 Å². The third kappa shape index (κ3) is 2.47. The number of aromatic nitrogens is 2. The molecule has 100 valence electrons. The average molecular weight is 267 g/mol. The molecular formula is C13H12F3N3. The molecule has 3 nitrogen and oxygen atoms in total. The van der Waals surface area contributed by atoms with Gasteiger partial charge in [0.2, 0.25) is 5.95 Å². The second kappa shape index (κ2) is 5.17. The number of halogens is 3. The molecule has 1 N–H and O–H groups in total. The van der Waals surface area contributed by atoms with Gasteiger partial charge < -0.3 is 5.32 Å². The number of aryl methyl sites for hydroxylation is 1. The molecule has 0 aliphatic carbocycles. The largest absolute Gasteiger partial charge is 0.352 e. The monoisotopic (exact) mass is 267 g/mol. The van der Waals surface area contributed by atoms with Gasteiger partial charge in [0.05, 0.1) is 11.4 Å². The van der Waals surface area contributed by atoms with Crippen molar-refractivity contribution >= 4 is 5.95 Å². The van der Waals surface area contributed by atoms with Crippen LogP contribution >= 0.6 is 0 Å². The van der Waals surface area contributed by atoms with Gasteiger partial charge in [0.25, 0.3) is 0 Å². The Bertz CT molecular complexity index is 620. The number of anilines is 1. The fraction of sp³-hybridized carbons (Fsp3) is 0.154. The summed E-state index contributed by atoms with van der Waals surface area (Å²) in [7, 11) is 0. The maximum absolute atomic E-state index is 13.7. The van der Waals surface area contributed by atoms with Crippen LogP contribution in [-0.4, -0.2) is 16.1 Å². The Morgan fingerprint density at radius 2 is 2.05 bits per heavy atom. The zero-order valence-corrected chi connectivity index (χ0v) is 10.3. The topological polar surface area (TPSA) is 29.9 Å². The van der Waals surface area contributed by atoms with Crippen molar-refractivity contribution in [1.29, 1.82) is 0 Å². The first-order valence-electron chi connectivity index (χ1n) is 5.59. The van der Waals surface area contributed by atoms with Crippen molar-refractivity contribution in [2.24, 2.45) is 0 Å². The van der Waals surface area contributed by atoms with Gasteiger partial charge in [0, 0.05) is 12.7 Å². The first-order chi connectivity index (χ1) is 9.04. The van der Waals surface area contributed by atoms with Crippen LogP contribution in [0.3, 0.4) is 0 Å². The quantitative estimate of drug-likeness (QED) is 0.681. The predicted octanol–water partition coefficient (Wildman–Crippen LogP) is 3.20. The van der Waals surface area contributed by atoms with E-state index in [1.165, 1.54) is 10.8 Å². The fourth-order valence-electron chi connectivity index (χ4n) is 1.67. The maximum atomic E-state index is 13.7. The summed E-state index contributed by atoms with van der Waals surface area (Å²) in [5.74, 6) is -3.64. The van der Waals surface area contributed by atoms with E-state index in [1.807, 2.05) is 0 Å². The van der Waals surface area contributed by atoms with Gasteiger partial charge in [-0.15, -0.1) is 6.58 Å². The number of nitrogens with zero attached hydrogens (tertiary/aromatic N) is 2. The first kappa shape index (κ1) is 13.2. The Labute approximate surface area is 108 Å². The van der Waals surface area contributed by atoms with Crippen LogP contribution in [0.4, 0.5) is 19.1 Å². The van der Waals surface area contributed by atoms with E-state index in [4.69, 9.17) is 0 Å². The van der Waals surface area contributed by atoms with E-state index in [9.17, 15) is 13.2 Å². The Morgan fingerprint density at radius 1 is 1.32 bits per heavy atom. The van der Waals surface area contributed by atoms with Crippen molar-refractivity contribution in [3.8, 4) is 5.69 Å². The molecular weight excluding hydrogens is 255 g/mol. The number of hydrogen-bond acceptors (Lipinski definition) is 2. The number of imidazole rings is 1. The number of benzene rings is 1. The minimum atomic E-state index is -1.50. The van der Waals surface area contributed by atoms with Crippen LogP contribution in [0, 0.1) is 24.4 Å². The third-order valence-corrected chi connectivity index (χ3v) is 2.51. The lowest BCUT2D eigenvalue weighted by molar-refractivity contribution is 0.445. The minimum absolute atomic E-state index is 0.105. The highest BCUT2D eigenvalue weighted by atomic mass is 19.2. The lowest BCUT2D eigenvalue weighted by atomic mass is 10.2. The van der Waals surface area contributed by atoms with Crippen molar-refractivity contribution in [3.05, 3.63) is 54.1 Å². The van der Waals surface area contributed by atoms with Gasteiger partial charge in [-0.1, -0.05) is 6.08 Å². The maximum Gasteiger partial charge on any atom is 0.208 e. The average Bonchev–Trinajstić information content (AvgIpc) is 2.75. The van der Waals surface area contributed by atoms with Crippen LogP contribution in [0.15, 0.2) is 31.0 Å². The van der Waals surface area contributed by atoms with Crippen LogP contribution in [0.2, 0.25) is 0 Å². The normalized spacial score (nSPS) is 10.5. The molecule has 0 bridgehead atoms. The van der Waals surface area contributed by atoms with Gasteiger partial charge in [-0.05, 0) is 19.1 Å². The van der Waals surface area contributed by atoms with E-state index in [2.05, 4.69) is 16.9 Å². The molecule has 0 aliphatic heterocycles. The molecule has 1 aromatic carbocycles. The highest BCUT2D eigenvalue weighted by molar-refractivity contribution is 5.44. The van der Waals surface area contributed by atoms with E-state index >= 15 is 0 Å². The molecule has 6 heteroatoms. The van der Waals surface area contributed by atoms with Crippen molar-refractivity contribution in [1.82, 2.24) is 9.55 Å². The van der Waals surface area contributed by atoms with Crippen LogP contribution < -0.4 is 5.32 Å². The Balaban J connectivity index is 2.52. The summed E-state index contributed by atoms with van der Waals surface area (Å²) in [5.41, 5.74) is 0.516. The second-order valence-electron chi connectivity index (χ2n) is 3.94. The molecule has 0 fully saturated rings. The molecule has 2 aromatic rings. The Kier molecular flexibility index (Phi) is 3.59. The van der Waals surface area contributed by atoms with Crippen molar-refractivity contribution in [2.45, 2.75) is 6.92 Å². The van der Waals surface area contributed by atoms with Gasteiger partial charge in [0.1, 0.15) is 0 Å². The lowest BCUT2D eigenvalue weighted by Crippen LogP contribution is -2.08. The molecule has 0 atom stereocenters. The summed E-state index contributed by atoms with van der Waals surface area (Å²) in [6.07, 6.45) is 3.14. The van der Waals surface area contributed by atoms with Crippen molar-refractivity contribution < 1.29 is 13.2 Å². The Morgan fingerprint density at radius 3 is 2.74 bits per heavy atom. The van der Waals surface area contributed by atoms with E-state index < -0.39 is 17.5 Å². The smallest absolute Gasteiger partial charge is 0.208 e. The summed E-state index contributed by atoms with van der Waals surface area (Å²) in [5, 5.41) is 2.89. The van der Waals surface area contributed by atoms with Gasteiger partial charge in [-0.2, -0.15) is 0 Å². The van der Waals surface area contributed by atoms with E-state index in [0.29, 0.717) is 18.2 Å². The third-order valence-electron chi connectivity index (χ3n) is 2.51. The van der Waals surface area contributed by atoms with Gasteiger partial charge in [0.15, 0.2) is 17.5 Å². The Hall–Kier alpha value is -2.24. The molecule has 1 aromatic heterocycles. The molecule has 0 aliphatic rings. The van der Waals surface area contributed by atoms with Crippen LogP contribution in [0.5, 0.6) is 0 Å². The number of rotatable bonds is 4. The highest BCUT2D eigenvalue weighted by Crippen LogP contribution is 2.22.